The molecule has 2 aliphatic rings. The molecule has 0 fully saturated rings. The zero-order chi connectivity index (χ0) is 24.1. The molecular weight excluding hydrogens is 448 g/mol. The van der Waals surface area contributed by atoms with Gasteiger partial charge in [0.1, 0.15) is 17.8 Å². The first-order chi connectivity index (χ1) is 16.2. The van der Waals surface area contributed by atoms with E-state index in [0.29, 0.717) is 16.8 Å². The molecule has 0 saturated heterocycles. The number of carbonyl (C=O) groups is 2. The number of benzene rings is 3. The Bertz CT molecular complexity index is 1310. The van der Waals surface area contributed by atoms with Crippen molar-refractivity contribution < 1.29 is 37.3 Å². The molecule has 174 valence electrons. The maximum atomic E-state index is 13.4. The van der Waals surface area contributed by atoms with E-state index in [1.165, 1.54) is 19.2 Å². The van der Waals surface area contributed by atoms with Crippen LogP contribution in [0.15, 0.2) is 60.7 Å². The molecule has 1 amide bonds. The first-order valence-corrected chi connectivity index (χ1v) is 10.4. The summed E-state index contributed by atoms with van der Waals surface area (Å²) in [4.78, 5) is 24.9. The number of fused-ring (bicyclic) bond motifs is 2. The van der Waals surface area contributed by atoms with Crippen LogP contribution < -0.4 is 19.5 Å². The third kappa shape index (κ3) is 3.68. The van der Waals surface area contributed by atoms with E-state index >= 15 is 0 Å². The maximum Gasteiger partial charge on any atom is 0.586 e. The van der Waals surface area contributed by atoms with Crippen LogP contribution in [0.25, 0.3) is 11.1 Å². The van der Waals surface area contributed by atoms with E-state index < -0.39 is 17.7 Å². The van der Waals surface area contributed by atoms with Crippen LogP contribution >= 0.6 is 0 Å². The summed E-state index contributed by atoms with van der Waals surface area (Å²) in [7, 11) is 1.32. The molecule has 2 heterocycles. The molecule has 34 heavy (non-hydrogen) atoms. The Labute approximate surface area is 193 Å². The number of esters is 1. The molecule has 0 spiro atoms. The molecule has 5 rings (SSSR count). The lowest BCUT2D eigenvalue weighted by Gasteiger charge is -2.22. The average Bonchev–Trinajstić information content (AvgIpc) is 3.32. The molecular formula is C25H19F2NO6. The van der Waals surface area contributed by atoms with Crippen molar-refractivity contribution in [1.29, 1.82) is 0 Å². The van der Waals surface area contributed by atoms with Crippen LogP contribution in [0, 0.1) is 0 Å². The van der Waals surface area contributed by atoms with Crippen molar-refractivity contribution in [1.82, 2.24) is 0 Å². The number of hydrogen-bond acceptors (Lipinski definition) is 6. The highest BCUT2D eigenvalue weighted by atomic mass is 19.3. The predicted molar refractivity (Wildman–Crippen MR) is 117 cm³/mol. The summed E-state index contributed by atoms with van der Waals surface area (Å²) in [6, 6.07) is 16.8. The Balaban J connectivity index is 1.38. The maximum absolute atomic E-state index is 13.4. The van der Waals surface area contributed by atoms with Gasteiger partial charge < -0.3 is 24.3 Å². The van der Waals surface area contributed by atoms with E-state index in [2.05, 4.69) is 14.8 Å². The number of amides is 1. The summed E-state index contributed by atoms with van der Waals surface area (Å²) in [5.74, 6) is -0.789. The normalized spacial score (nSPS) is 19.2. The molecule has 1 N–H and O–H groups in total. The van der Waals surface area contributed by atoms with Crippen LogP contribution in [0.4, 0.5) is 14.5 Å². The Morgan fingerprint density at radius 1 is 0.941 bits per heavy atom. The summed E-state index contributed by atoms with van der Waals surface area (Å²) in [5.41, 5.74) is 1.94. The molecule has 0 saturated carbocycles. The lowest BCUT2D eigenvalue weighted by molar-refractivity contribution is -0.286. The number of hydrogen-bond donors (Lipinski definition) is 1. The van der Waals surface area contributed by atoms with Crippen molar-refractivity contribution >= 4 is 17.6 Å². The van der Waals surface area contributed by atoms with E-state index in [4.69, 9.17) is 9.47 Å². The van der Waals surface area contributed by atoms with Crippen molar-refractivity contribution in [2.24, 2.45) is 0 Å². The highest BCUT2D eigenvalue weighted by molar-refractivity contribution is 6.00. The zero-order valence-electron chi connectivity index (χ0n) is 18.2. The van der Waals surface area contributed by atoms with E-state index in [1.54, 1.807) is 49.4 Å². The van der Waals surface area contributed by atoms with Gasteiger partial charge >= 0.3 is 12.3 Å². The largest absolute Gasteiger partial charge is 0.586 e. The monoisotopic (exact) mass is 467 g/mol. The third-order valence-corrected chi connectivity index (χ3v) is 5.88. The number of methoxy groups -OCH3 is 1. The van der Waals surface area contributed by atoms with Gasteiger partial charge in [-0.25, -0.2) is 4.79 Å². The topological polar surface area (TPSA) is 83.1 Å². The van der Waals surface area contributed by atoms with Gasteiger partial charge in [-0.15, -0.1) is 8.78 Å². The predicted octanol–water partition coefficient (Wildman–Crippen LogP) is 4.75. The smallest absolute Gasteiger partial charge is 0.492 e. The molecule has 0 aromatic heterocycles. The van der Waals surface area contributed by atoms with Crippen molar-refractivity contribution in [3.05, 3.63) is 71.8 Å². The summed E-state index contributed by atoms with van der Waals surface area (Å²) in [6.45, 7) is 1.70. The standard InChI is InChI=1S/C25H19F2NO6/c1-24(13-32-19-12-21-20(11-18(19)24)33-25(26,27)34-21)23(30)28-17-5-3-4-16(10-17)14-6-8-15(9-7-14)22(29)31-2/h3-12H,13H2,1-2H3,(H,28,30). The lowest BCUT2D eigenvalue weighted by Crippen LogP contribution is -2.39. The number of nitrogens with one attached hydrogen (secondary N) is 1. The Hall–Kier alpha value is -4.14. The fourth-order valence-electron chi connectivity index (χ4n) is 3.98. The van der Waals surface area contributed by atoms with Crippen molar-refractivity contribution in [2.75, 3.05) is 19.0 Å². The van der Waals surface area contributed by atoms with Gasteiger partial charge in [0, 0.05) is 17.3 Å². The summed E-state index contributed by atoms with van der Waals surface area (Å²) in [5, 5.41) is 2.88. The van der Waals surface area contributed by atoms with Crippen LogP contribution in [0.3, 0.4) is 0 Å². The van der Waals surface area contributed by atoms with Crippen molar-refractivity contribution in [2.45, 2.75) is 18.6 Å². The van der Waals surface area contributed by atoms with E-state index in [9.17, 15) is 18.4 Å². The van der Waals surface area contributed by atoms with Crippen LogP contribution in [0.2, 0.25) is 0 Å². The molecule has 3 aromatic carbocycles. The lowest BCUT2D eigenvalue weighted by atomic mass is 9.83. The second-order valence-electron chi connectivity index (χ2n) is 8.19. The molecule has 1 atom stereocenters. The fourth-order valence-corrected chi connectivity index (χ4v) is 3.98. The first kappa shape index (κ1) is 21.7. The van der Waals surface area contributed by atoms with Gasteiger partial charge in [-0.1, -0.05) is 24.3 Å². The number of anilines is 1. The van der Waals surface area contributed by atoms with E-state index in [0.717, 1.165) is 11.1 Å². The molecule has 3 aromatic rings. The first-order valence-electron chi connectivity index (χ1n) is 10.4. The summed E-state index contributed by atoms with van der Waals surface area (Å²) >= 11 is 0. The van der Waals surface area contributed by atoms with Gasteiger partial charge in [0.2, 0.25) is 5.91 Å². The van der Waals surface area contributed by atoms with Crippen LogP contribution in [0.1, 0.15) is 22.8 Å². The molecule has 9 heteroatoms. The van der Waals surface area contributed by atoms with Crippen molar-refractivity contribution in [3.8, 4) is 28.4 Å². The number of halogens is 2. The quantitative estimate of drug-likeness (QED) is 0.558. The number of ether oxygens (including phenoxy) is 4. The molecule has 0 bridgehead atoms. The minimum absolute atomic E-state index is 0.0299. The van der Waals surface area contributed by atoms with Crippen LogP contribution in [-0.4, -0.2) is 31.9 Å². The fraction of sp³-hybridized carbons (Fsp3) is 0.200. The second-order valence-corrected chi connectivity index (χ2v) is 8.19. The summed E-state index contributed by atoms with van der Waals surface area (Å²) in [6.07, 6.45) is -3.76. The van der Waals surface area contributed by atoms with Gasteiger partial charge in [-0.05, 0) is 48.4 Å². The van der Waals surface area contributed by atoms with E-state index in [-0.39, 0.29) is 29.8 Å². The molecule has 1 unspecified atom stereocenters. The minimum Gasteiger partial charge on any atom is -0.492 e. The zero-order valence-corrected chi connectivity index (χ0v) is 18.2. The Kier molecular flexibility index (Phi) is 4.93. The van der Waals surface area contributed by atoms with Crippen LogP contribution in [-0.2, 0) is 14.9 Å². The van der Waals surface area contributed by atoms with Gasteiger partial charge in [0.25, 0.3) is 0 Å². The third-order valence-electron chi connectivity index (χ3n) is 5.88. The highest BCUT2D eigenvalue weighted by Gasteiger charge is 2.48. The van der Waals surface area contributed by atoms with Gasteiger partial charge in [0.15, 0.2) is 11.5 Å². The van der Waals surface area contributed by atoms with Gasteiger partial charge in [-0.2, -0.15) is 0 Å². The molecule has 7 nitrogen and oxygen atoms in total. The SMILES string of the molecule is COC(=O)c1ccc(-c2cccc(NC(=O)C3(C)COc4cc5c(cc43)OC(F)(F)O5)c2)cc1. The number of carbonyl (C=O) groups excluding carboxylic acids is 2. The Morgan fingerprint density at radius 3 is 2.35 bits per heavy atom. The number of alkyl halides is 2. The van der Waals surface area contributed by atoms with Gasteiger partial charge in [0.05, 0.1) is 12.7 Å². The second kappa shape index (κ2) is 7.72. The van der Waals surface area contributed by atoms with Crippen LogP contribution in [0.5, 0.6) is 17.2 Å². The molecule has 0 aliphatic carbocycles. The molecule has 0 radical (unpaired) electrons. The number of rotatable bonds is 4. The molecule has 2 aliphatic heterocycles. The minimum atomic E-state index is -3.76. The van der Waals surface area contributed by atoms with E-state index in [1.807, 2.05) is 6.07 Å². The van der Waals surface area contributed by atoms with Crippen molar-refractivity contribution in [3.63, 3.8) is 0 Å². The summed E-state index contributed by atoms with van der Waals surface area (Å²) < 4.78 is 46.2. The Morgan fingerprint density at radius 2 is 1.65 bits per heavy atom. The van der Waals surface area contributed by atoms with Gasteiger partial charge in [-0.3, -0.25) is 4.79 Å². The average molecular weight is 467 g/mol. The highest BCUT2D eigenvalue weighted by Crippen LogP contribution is 2.50.